The quantitative estimate of drug-likeness (QED) is 0.646. The van der Waals surface area contributed by atoms with Gasteiger partial charge < -0.3 is 5.11 Å². The normalized spacial score (nSPS) is 10.8. The highest BCUT2D eigenvalue weighted by molar-refractivity contribution is 14.1. The number of unbranched alkanes of at least 4 members (excludes halogenated alkanes) is 1. The lowest BCUT2D eigenvalue weighted by atomic mass is 10.2. The average molecular weight is 372 g/mol. The lowest BCUT2D eigenvalue weighted by Gasteiger charge is -2.06. The van der Waals surface area contributed by atoms with Gasteiger partial charge in [-0.3, -0.25) is 14.2 Å². The number of rotatable bonds is 5. The topological polar surface area (TPSA) is 72.2 Å². The van der Waals surface area contributed by atoms with Crippen LogP contribution in [0.5, 0.6) is 0 Å². The molecule has 2 rings (SSSR count). The molecule has 0 atom stereocenters. The Labute approximate surface area is 123 Å². The van der Waals surface area contributed by atoms with E-state index < -0.39 is 5.97 Å². The second-order valence-corrected chi connectivity index (χ2v) is 5.50. The largest absolute Gasteiger partial charge is 0.481 e. The molecule has 0 saturated heterocycles. The van der Waals surface area contributed by atoms with E-state index in [4.69, 9.17) is 5.11 Å². The zero-order chi connectivity index (χ0) is 13.8. The number of aryl methyl sites for hydroxylation is 1. The van der Waals surface area contributed by atoms with Crippen molar-refractivity contribution >= 4 is 39.5 Å². The summed E-state index contributed by atoms with van der Waals surface area (Å²) in [5, 5.41) is 9.16. The first-order chi connectivity index (χ1) is 9.08. The second-order valence-electron chi connectivity index (χ2n) is 4.26. The second kappa shape index (κ2) is 6.14. The van der Waals surface area contributed by atoms with Crippen molar-refractivity contribution in [2.45, 2.75) is 25.8 Å². The van der Waals surface area contributed by atoms with Crippen LogP contribution >= 0.6 is 22.6 Å². The van der Waals surface area contributed by atoms with Gasteiger partial charge in [0.1, 0.15) is 0 Å². The molecule has 6 heteroatoms. The molecule has 0 bridgehead atoms. The van der Waals surface area contributed by atoms with E-state index in [0.717, 1.165) is 3.57 Å². The number of aliphatic carboxylic acids is 1. The van der Waals surface area contributed by atoms with Crippen molar-refractivity contribution < 1.29 is 9.90 Å². The van der Waals surface area contributed by atoms with Crippen LogP contribution in [0.25, 0.3) is 10.9 Å². The third-order valence-electron chi connectivity index (χ3n) is 2.83. The number of nitrogens with zero attached hydrogens (tertiary/aromatic N) is 2. The molecule has 0 aliphatic carbocycles. The van der Waals surface area contributed by atoms with E-state index in [1.165, 1.54) is 6.33 Å². The average Bonchev–Trinajstić information content (AvgIpc) is 2.37. The first-order valence-corrected chi connectivity index (χ1v) is 7.02. The molecule has 1 aromatic heterocycles. The lowest BCUT2D eigenvalue weighted by Crippen LogP contribution is -2.20. The highest BCUT2D eigenvalue weighted by Gasteiger charge is 2.05. The van der Waals surface area contributed by atoms with Crippen LogP contribution in [-0.2, 0) is 11.3 Å². The summed E-state index contributed by atoms with van der Waals surface area (Å²) in [6, 6.07) is 5.55. The summed E-state index contributed by atoms with van der Waals surface area (Å²) in [5.41, 5.74) is 0.617. The van der Waals surface area contributed by atoms with Crippen molar-refractivity contribution in [1.29, 1.82) is 0 Å². The van der Waals surface area contributed by atoms with Crippen LogP contribution in [-0.4, -0.2) is 20.6 Å². The van der Waals surface area contributed by atoms with Crippen molar-refractivity contribution in [3.05, 3.63) is 38.5 Å². The fourth-order valence-electron chi connectivity index (χ4n) is 1.85. The summed E-state index contributed by atoms with van der Waals surface area (Å²) in [7, 11) is 0. The number of carboxylic acid groups (broad SMARTS) is 1. The van der Waals surface area contributed by atoms with E-state index >= 15 is 0 Å². The third kappa shape index (κ3) is 3.52. The van der Waals surface area contributed by atoms with Gasteiger partial charge in [-0.25, -0.2) is 4.98 Å². The molecule has 1 aromatic carbocycles. The summed E-state index contributed by atoms with van der Waals surface area (Å²) in [6.07, 6.45) is 2.88. The molecule has 0 amide bonds. The van der Waals surface area contributed by atoms with Crippen LogP contribution in [0.4, 0.5) is 0 Å². The SMILES string of the molecule is O=C(O)CCCCn1cnc2ccc(I)cc2c1=O. The maximum absolute atomic E-state index is 12.2. The molecule has 0 radical (unpaired) electrons. The number of benzene rings is 1. The Hall–Kier alpha value is -1.44. The molecule has 19 heavy (non-hydrogen) atoms. The van der Waals surface area contributed by atoms with Crippen LogP contribution in [0.3, 0.4) is 0 Å². The molecule has 0 fully saturated rings. The smallest absolute Gasteiger partial charge is 0.303 e. The molecule has 0 aliphatic rings. The van der Waals surface area contributed by atoms with Crippen molar-refractivity contribution in [2.24, 2.45) is 0 Å². The van der Waals surface area contributed by atoms with Crippen LogP contribution < -0.4 is 5.56 Å². The Morgan fingerprint density at radius 2 is 2.16 bits per heavy atom. The van der Waals surface area contributed by atoms with Gasteiger partial charge in [0, 0.05) is 16.5 Å². The number of aromatic nitrogens is 2. The Bertz CT molecular complexity index is 666. The zero-order valence-electron chi connectivity index (χ0n) is 10.2. The van der Waals surface area contributed by atoms with Gasteiger partial charge in [0.05, 0.1) is 17.2 Å². The number of hydrogen-bond acceptors (Lipinski definition) is 3. The van der Waals surface area contributed by atoms with Crippen LogP contribution in [0.2, 0.25) is 0 Å². The van der Waals surface area contributed by atoms with Crippen molar-refractivity contribution in [1.82, 2.24) is 9.55 Å². The molecule has 1 heterocycles. The fourth-order valence-corrected chi connectivity index (χ4v) is 2.34. The van der Waals surface area contributed by atoms with Crippen molar-refractivity contribution in [2.75, 3.05) is 0 Å². The monoisotopic (exact) mass is 372 g/mol. The third-order valence-corrected chi connectivity index (χ3v) is 3.50. The van der Waals surface area contributed by atoms with E-state index in [1.807, 2.05) is 18.2 Å². The van der Waals surface area contributed by atoms with E-state index in [1.54, 1.807) is 4.57 Å². The van der Waals surface area contributed by atoms with Crippen LogP contribution in [0.1, 0.15) is 19.3 Å². The fraction of sp³-hybridized carbons (Fsp3) is 0.308. The number of carbonyl (C=O) groups is 1. The predicted octanol–water partition coefficient (Wildman–Crippen LogP) is 2.26. The minimum atomic E-state index is -0.807. The Morgan fingerprint density at radius 3 is 2.89 bits per heavy atom. The first kappa shape index (κ1) is 14.0. The van der Waals surface area contributed by atoms with E-state index in [2.05, 4.69) is 27.6 Å². The zero-order valence-corrected chi connectivity index (χ0v) is 12.3. The summed E-state index contributed by atoms with van der Waals surface area (Å²) >= 11 is 2.16. The number of halogens is 1. The first-order valence-electron chi connectivity index (χ1n) is 5.94. The maximum Gasteiger partial charge on any atom is 0.303 e. The number of hydrogen-bond donors (Lipinski definition) is 1. The van der Waals surface area contributed by atoms with Gasteiger partial charge >= 0.3 is 5.97 Å². The van der Waals surface area contributed by atoms with Crippen LogP contribution in [0.15, 0.2) is 29.3 Å². The van der Waals surface area contributed by atoms with Gasteiger partial charge in [0.15, 0.2) is 0 Å². The van der Waals surface area contributed by atoms with E-state index in [0.29, 0.717) is 30.3 Å². The van der Waals surface area contributed by atoms with E-state index in [9.17, 15) is 9.59 Å². The predicted molar refractivity (Wildman–Crippen MR) is 80.2 cm³/mol. The van der Waals surface area contributed by atoms with Gasteiger partial charge in [-0.05, 0) is 53.6 Å². The molecule has 0 spiro atoms. The van der Waals surface area contributed by atoms with E-state index in [-0.39, 0.29) is 12.0 Å². The van der Waals surface area contributed by atoms with Gasteiger partial charge in [-0.2, -0.15) is 0 Å². The molecule has 100 valence electrons. The summed E-state index contributed by atoms with van der Waals surface area (Å²) in [6.45, 7) is 0.501. The molecule has 0 saturated carbocycles. The molecule has 1 N–H and O–H groups in total. The summed E-state index contributed by atoms with van der Waals surface area (Å²) in [4.78, 5) is 26.9. The van der Waals surface area contributed by atoms with Gasteiger partial charge in [0.2, 0.25) is 0 Å². The molecular formula is C13H13IN2O3. The van der Waals surface area contributed by atoms with Crippen molar-refractivity contribution in [3.63, 3.8) is 0 Å². The Balaban J connectivity index is 2.18. The Kier molecular flexibility index (Phi) is 4.52. The number of carboxylic acids is 1. The van der Waals surface area contributed by atoms with Gasteiger partial charge in [0.25, 0.3) is 5.56 Å². The molecule has 0 aliphatic heterocycles. The molecular weight excluding hydrogens is 359 g/mol. The maximum atomic E-state index is 12.2. The molecule has 0 unspecified atom stereocenters. The van der Waals surface area contributed by atoms with Gasteiger partial charge in [-0.15, -0.1) is 0 Å². The summed E-state index contributed by atoms with van der Waals surface area (Å²) < 4.78 is 2.54. The number of fused-ring (bicyclic) bond motifs is 1. The highest BCUT2D eigenvalue weighted by Crippen LogP contribution is 2.11. The Morgan fingerprint density at radius 1 is 1.37 bits per heavy atom. The minimum Gasteiger partial charge on any atom is -0.481 e. The minimum absolute atomic E-state index is 0.0705. The highest BCUT2D eigenvalue weighted by atomic mass is 127. The lowest BCUT2D eigenvalue weighted by molar-refractivity contribution is -0.137. The van der Waals surface area contributed by atoms with Crippen LogP contribution in [0, 0.1) is 3.57 Å². The molecule has 5 nitrogen and oxygen atoms in total. The summed E-state index contributed by atoms with van der Waals surface area (Å²) in [5.74, 6) is -0.807. The van der Waals surface area contributed by atoms with Crippen molar-refractivity contribution in [3.8, 4) is 0 Å². The molecule has 2 aromatic rings. The standard InChI is InChI=1S/C13H13IN2O3/c14-9-4-5-11-10(7-9)13(19)16(8-15-11)6-2-1-3-12(17)18/h4-5,7-8H,1-3,6H2,(H,17,18). The van der Waals surface area contributed by atoms with Gasteiger partial charge in [-0.1, -0.05) is 0 Å².